The lowest BCUT2D eigenvalue weighted by atomic mass is 9.99. The predicted molar refractivity (Wildman–Crippen MR) is 153 cm³/mol. The van der Waals surface area contributed by atoms with Crippen LogP contribution in [0.5, 0.6) is 0 Å². The van der Waals surface area contributed by atoms with E-state index < -0.39 is 17.8 Å². The van der Waals surface area contributed by atoms with Gasteiger partial charge in [0, 0.05) is 23.6 Å². The van der Waals surface area contributed by atoms with E-state index in [4.69, 9.17) is 0 Å². The van der Waals surface area contributed by atoms with Gasteiger partial charge in [-0.3, -0.25) is 14.3 Å². The minimum Gasteiger partial charge on any atom is -0.306 e. The molecule has 210 valence electrons. The van der Waals surface area contributed by atoms with Gasteiger partial charge in [0.05, 0.1) is 22.7 Å². The Morgan fingerprint density at radius 2 is 1.83 bits per heavy atom. The van der Waals surface area contributed by atoms with Gasteiger partial charge < -0.3 is 5.32 Å². The number of hydrogen-bond acceptors (Lipinski definition) is 5. The maximum Gasteiger partial charge on any atom is 0.417 e. The Labute approximate surface area is 238 Å². The highest BCUT2D eigenvalue weighted by Gasteiger charge is 2.33. The second-order valence-electron chi connectivity index (χ2n) is 9.71. The molecule has 4 aromatic rings. The number of pyridine rings is 1. The van der Waals surface area contributed by atoms with Crippen molar-refractivity contribution in [1.29, 1.82) is 0 Å². The first-order valence-electron chi connectivity index (χ1n) is 12.6. The smallest absolute Gasteiger partial charge is 0.306 e. The highest BCUT2D eigenvalue weighted by Crippen LogP contribution is 2.34. The van der Waals surface area contributed by atoms with Gasteiger partial charge in [0.25, 0.3) is 0 Å². The molecule has 1 fully saturated rings. The Balaban J connectivity index is 1.29. The first-order chi connectivity index (χ1) is 19.5. The average Bonchev–Trinajstić information content (AvgIpc) is 3.55. The number of aliphatic imine (C=N–C) groups is 1. The van der Waals surface area contributed by atoms with Crippen molar-refractivity contribution in [3.63, 3.8) is 0 Å². The zero-order chi connectivity index (χ0) is 29.3. The Morgan fingerprint density at radius 3 is 2.49 bits per heavy atom. The van der Waals surface area contributed by atoms with E-state index in [9.17, 15) is 22.8 Å². The number of rotatable bonds is 5. The summed E-state index contributed by atoms with van der Waals surface area (Å²) in [5.41, 5.74) is 3.68. The number of anilines is 2. The van der Waals surface area contributed by atoms with Crippen LogP contribution in [0.2, 0.25) is 0 Å². The second kappa shape index (κ2) is 11.2. The number of aromatic nitrogens is 3. The van der Waals surface area contributed by atoms with Gasteiger partial charge in [0.2, 0.25) is 5.91 Å². The Bertz CT molecular complexity index is 1630. The third-order valence-electron chi connectivity index (χ3n) is 6.37. The Kier molecular flexibility index (Phi) is 7.68. The largest absolute Gasteiger partial charge is 0.417 e. The molecule has 0 unspecified atom stereocenters. The fraction of sp³-hybridized carbons (Fsp3) is 0.207. The average molecular weight is 579 g/mol. The molecule has 1 N–H and O–H groups in total. The van der Waals surface area contributed by atoms with Crippen molar-refractivity contribution in [2.75, 3.05) is 16.0 Å². The highest BCUT2D eigenvalue weighted by molar-refractivity contribution is 8.15. The second-order valence-corrected chi connectivity index (χ2v) is 10.6. The number of benzene rings is 2. The van der Waals surface area contributed by atoms with E-state index in [0.717, 1.165) is 34.6 Å². The van der Waals surface area contributed by atoms with Gasteiger partial charge in [0.1, 0.15) is 12.1 Å². The molecule has 5 rings (SSSR count). The molecule has 0 radical (unpaired) electrons. The molecule has 41 heavy (non-hydrogen) atoms. The van der Waals surface area contributed by atoms with Crippen LogP contribution < -0.4 is 10.2 Å². The Hall–Kier alpha value is -4.45. The number of carbonyl (C=O) groups is 2. The van der Waals surface area contributed by atoms with Crippen LogP contribution in [0, 0.1) is 6.92 Å². The fourth-order valence-corrected chi connectivity index (χ4v) is 5.14. The zero-order valence-electron chi connectivity index (χ0n) is 22.3. The summed E-state index contributed by atoms with van der Waals surface area (Å²) in [4.78, 5) is 39.5. The molecule has 3 heterocycles. The number of nitrogens with zero attached hydrogens (tertiary/aromatic N) is 5. The minimum atomic E-state index is -4.46. The van der Waals surface area contributed by atoms with Crippen LogP contribution in [0.4, 0.5) is 29.3 Å². The molecule has 1 aliphatic heterocycles. The SMILES string of the molecule is Cc1ccc(C(C)C)c(N2C(=O)CS/C2=N\C(=O)Nc2ccc(-c3cn(-c4ccc(C(F)(F)F)cn4)cn3)cc2)c1. The van der Waals surface area contributed by atoms with Gasteiger partial charge in [-0.05, 0) is 54.3 Å². The molecule has 1 aliphatic rings. The van der Waals surface area contributed by atoms with Gasteiger partial charge in [-0.2, -0.15) is 18.2 Å². The molecular formula is C29H25F3N6O2S. The van der Waals surface area contributed by atoms with Crippen molar-refractivity contribution in [2.24, 2.45) is 4.99 Å². The first kappa shape index (κ1) is 28.1. The molecule has 0 saturated carbocycles. The number of thioether (sulfide) groups is 1. The number of halogens is 3. The molecule has 2 aromatic heterocycles. The summed E-state index contributed by atoms with van der Waals surface area (Å²) in [5, 5.41) is 3.04. The van der Waals surface area contributed by atoms with Gasteiger partial charge in [-0.25, -0.2) is 14.8 Å². The van der Waals surface area contributed by atoms with Gasteiger partial charge >= 0.3 is 12.2 Å². The minimum absolute atomic E-state index is 0.135. The number of alkyl halides is 3. The van der Waals surface area contributed by atoms with Crippen LogP contribution in [-0.2, 0) is 11.0 Å². The van der Waals surface area contributed by atoms with Crippen LogP contribution in [-0.4, -0.2) is 37.4 Å². The van der Waals surface area contributed by atoms with Gasteiger partial charge in [-0.15, -0.1) is 0 Å². The number of imidazole rings is 1. The van der Waals surface area contributed by atoms with Crippen molar-refractivity contribution in [2.45, 2.75) is 32.9 Å². The van der Waals surface area contributed by atoms with Crippen molar-refractivity contribution >= 4 is 40.2 Å². The van der Waals surface area contributed by atoms with Crippen molar-refractivity contribution in [1.82, 2.24) is 14.5 Å². The Morgan fingerprint density at radius 1 is 1.07 bits per heavy atom. The number of carbonyl (C=O) groups excluding carboxylic acids is 2. The molecule has 1 saturated heterocycles. The summed E-state index contributed by atoms with van der Waals surface area (Å²) in [6.07, 6.45) is -0.574. The van der Waals surface area contributed by atoms with Crippen molar-refractivity contribution in [3.8, 4) is 17.1 Å². The molecule has 0 spiro atoms. The van der Waals surface area contributed by atoms with E-state index in [1.54, 1.807) is 30.5 Å². The lowest BCUT2D eigenvalue weighted by molar-refractivity contribution is -0.137. The molecule has 2 aromatic carbocycles. The van der Waals surface area contributed by atoms with Crippen LogP contribution in [0.1, 0.15) is 36.5 Å². The summed E-state index contributed by atoms with van der Waals surface area (Å²) < 4.78 is 39.9. The third kappa shape index (κ3) is 6.17. The number of amides is 3. The van der Waals surface area contributed by atoms with Crippen molar-refractivity contribution in [3.05, 3.63) is 90.0 Å². The van der Waals surface area contributed by atoms with E-state index in [0.29, 0.717) is 22.4 Å². The molecule has 0 aliphatic carbocycles. The maximum atomic E-state index is 12.8. The normalized spacial score (nSPS) is 14.8. The highest BCUT2D eigenvalue weighted by atomic mass is 32.2. The van der Waals surface area contributed by atoms with E-state index >= 15 is 0 Å². The predicted octanol–water partition coefficient (Wildman–Crippen LogP) is 7.05. The number of urea groups is 1. The van der Waals surface area contributed by atoms with E-state index in [1.165, 1.54) is 33.6 Å². The molecule has 12 heteroatoms. The summed E-state index contributed by atoms with van der Waals surface area (Å²) in [6, 6.07) is 14.4. The number of hydrogen-bond donors (Lipinski definition) is 1. The van der Waals surface area contributed by atoms with Crippen LogP contribution in [0.15, 0.2) is 78.3 Å². The third-order valence-corrected chi connectivity index (χ3v) is 7.29. The van der Waals surface area contributed by atoms with E-state index in [2.05, 4.69) is 20.3 Å². The van der Waals surface area contributed by atoms with E-state index in [1.807, 2.05) is 39.0 Å². The van der Waals surface area contributed by atoms with Crippen LogP contribution in [0.3, 0.4) is 0 Å². The van der Waals surface area contributed by atoms with E-state index in [-0.39, 0.29) is 17.6 Å². The fourth-order valence-electron chi connectivity index (χ4n) is 4.28. The molecule has 3 amide bonds. The first-order valence-corrected chi connectivity index (χ1v) is 13.6. The number of aryl methyl sites for hydroxylation is 1. The number of amidine groups is 1. The molecule has 8 nitrogen and oxygen atoms in total. The van der Waals surface area contributed by atoms with Gasteiger partial charge in [0.15, 0.2) is 5.17 Å². The van der Waals surface area contributed by atoms with Gasteiger partial charge in [-0.1, -0.05) is 49.9 Å². The lowest BCUT2D eigenvalue weighted by Gasteiger charge is -2.22. The topological polar surface area (TPSA) is 92.5 Å². The van der Waals surface area contributed by atoms with Crippen LogP contribution in [0.25, 0.3) is 17.1 Å². The monoisotopic (exact) mass is 578 g/mol. The van der Waals surface area contributed by atoms with Crippen molar-refractivity contribution < 1.29 is 22.8 Å². The lowest BCUT2D eigenvalue weighted by Crippen LogP contribution is -2.31. The summed E-state index contributed by atoms with van der Waals surface area (Å²) in [6.45, 7) is 6.04. The summed E-state index contributed by atoms with van der Waals surface area (Å²) in [7, 11) is 0. The molecule has 0 bridgehead atoms. The van der Waals surface area contributed by atoms with Crippen LogP contribution >= 0.6 is 11.8 Å². The zero-order valence-corrected chi connectivity index (χ0v) is 23.1. The number of nitrogens with one attached hydrogen (secondary N) is 1. The quantitative estimate of drug-likeness (QED) is 0.274. The molecule has 0 atom stereocenters. The summed E-state index contributed by atoms with van der Waals surface area (Å²) >= 11 is 1.21. The molecular weight excluding hydrogens is 553 g/mol. The maximum absolute atomic E-state index is 12.8. The summed E-state index contributed by atoms with van der Waals surface area (Å²) in [5.74, 6) is 0.531. The standard InChI is InChI=1S/C29H25F3N6O2S/c1-17(2)22-10-4-18(3)12-24(22)38-26(39)15-41-28(38)36-27(40)35-21-8-5-19(6-9-21)23-14-37(16-34-23)25-11-7-20(13-33-25)29(30,31)32/h4-14,16-17H,15H2,1-3H3,(H,35,40)/b36-28-.